The molecule has 0 saturated heterocycles. The zero-order valence-corrected chi connectivity index (χ0v) is 13.7. The predicted octanol–water partition coefficient (Wildman–Crippen LogP) is 1.39. The van der Waals surface area contributed by atoms with Gasteiger partial charge in [-0.3, -0.25) is 4.79 Å². The molecule has 1 fully saturated rings. The van der Waals surface area contributed by atoms with Crippen LogP contribution in [0, 0.1) is 0 Å². The molecule has 1 aromatic heterocycles. The first kappa shape index (κ1) is 16.9. The van der Waals surface area contributed by atoms with Crippen molar-refractivity contribution in [2.24, 2.45) is 0 Å². The van der Waals surface area contributed by atoms with Crippen LogP contribution in [0.2, 0.25) is 0 Å². The highest BCUT2D eigenvalue weighted by Gasteiger charge is 2.23. The van der Waals surface area contributed by atoms with Gasteiger partial charge in [0.2, 0.25) is 11.8 Å². The first-order chi connectivity index (χ1) is 10.5. The molecular formula is C14H23N3O4S. The van der Waals surface area contributed by atoms with Gasteiger partial charge in [0.15, 0.2) is 15.7 Å². The molecule has 1 N–H and O–H groups in total. The lowest BCUT2D eigenvalue weighted by molar-refractivity contribution is -0.119. The van der Waals surface area contributed by atoms with Crippen molar-refractivity contribution in [3.8, 4) is 0 Å². The van der Waals surface area contributed by atoms with Gasteiger partial charge in [0.25, 0.3) is 0 Å². The van der Waals surface area contributed by atoms with Crippen LogP contribution in [0.4, 0.5) is 0 Å². The standard InChI is InChI=1S/C14H23N3O4S/c1-2-6-12-16-14(21-17-12)10-22(19,20)9-13(18)15-11-7-4-3-5-8-11/h11H,2-10H2,1H3,(H,15,18). The fourth-order valence-electron chi connectivity index (χ4n) is 2.63. The molecule has 1 aromatic rings. The van der Waals surface area contributed by atoms with E-state index in [0.717, 1.165) is 32.1 Å². The van der Waals surface area contributed by atoms with Crippen LogP contribution < -0.4 is 5.32 Å². The lowest BCUT2D eigenvalue weighted by Crippen LogP contribution is -2.39. The van der Waals surface area contributed by atoms with Crippen molar-refractivity contribution in [1.29, 1.82) is 0 Å². The highest BCUT2D eigenvalue weighted by molar-refractivity contribution is 7.91. The Labute approximate surface area is 130 Å². The lowest BCUT2D eigenvalue weighted by atomic mass is 9.95. The van der Waals surface area contributed by atoms with Gasteiger partial charge in [-0.05, 0) is 19.3 Å². The van der Waals surface area contributed by atoms with E-state index in [1.54, 1.807) is 0 Å². The summed E-state index contributed by atoms with van der Waals surface area (Å²) >= 11 is 0. The van der Waals surface area contributed by atoms with Crippen molar-refractivity contribution < 1.29 is 17.7 Å². The Morgan fingerprint density at radius 3 is 2.73 bits per heavy atom. The number of hydrogen-bond donors (Lipinski definition) is 1. The number of carbonyl (C=O) groups excluding carboxylic acids is 1. The molecule has 1 heterocycles. The minimum Gasteiger partial charge on any atom is -0.352 e. The Kier molecular flexibility index (Phi) is 5.93. The van der Waals surface area contributed by atoms with Crippen LogP contribution in [0.1, 0.15) is 57.2 Å². The summed E-state index contributed by atoms with van der Waals surface area (Å²) in [7, 11) is -3.59. The van der Waals surface area contributed by atoms with Crippen LogP contribution in [-0.2, 0) is 26.8 Å². The van der Waals surface area contributed by atoms with Gasteiger partial charge in [0.05, 0.1) is 0 Å². The van der Waals surface area contributed by atoms with Crippen molar-refractivity contribution >= 4 is 15.7 Å². The molecule has 8 heteroatoms. The molecule has 1 saturated carbocycles. The lowest BCUT2D eigenvalue weighted by Gasteiger charge is -2.22. The largest absolute Gasteiger partial charge is 0.352 e. The fraction of sp³-hybridized carbons (Fsp3) is 0.786. The number of aryl methyl sites for hydroxylation is 1. The third-order valence-corrected chi connectivity index (χ3v) is 5.04. The third kappa shape index (κ3) is 5.40. The summed E-state index contributed by atoms with van der Waals surface area (Å²) in [5.74, 6) is -0.815. The molecular weight excluding hydrogens is 306 g/mol. The maximum absolute atomic E-state index is 12.0. The molecule has 7 nitrogen and oxygen atoms in total. The van der Waals surface area contributed by atoms with Crippen LogP contribution in [0.5, 0.6) is 0 Å². The summed E-state index contributed by atoms with van der Waals surface area (Å²) in [4.78, 5) is 15.9. The molecule has 1 aliphatic rings. The van der Waals surface area contributed by atoms with Gasteiger partial charge >= 0.3 is 0 Å². The van der Waals surface area contributed by atoms with E-state index in [-0.39, 0.29) is 17.7 Å². The summed E-state index contributed by atoms with van der Waals surface area (Å²) in [6.07, 6.45) is 6.70. The number of sulfone groups is 1. The summed E-state index contributed by atoms with van der Waals surface area (Å²) in [6, 6.07) is 0.107. The molecule has 1 amide bonds. The number of carbonyl (C=O) groups is 1. The number of amides is 1. The second kappa shape index (κ2) is 7.71. The Bertz CT molecular complexity index is 591. The summed E-state index contributed by atoms with van der Waals surface area (Å²) < 4.78 is 29.0. The van der Waals surface area contributed by atoms with Gasteiger partial charge in [0.1, 0.15) is 11.5 Å². The van der Waals surface area contributed by atoms with E-state index in [0.29, 0.717) is 12.2 Å². The Balaban J connectivity index is 1.85. The normalized spacial score (nSPS) is 16.6. The van der Waals surface area contributed by atoms with Crippen molar-refractivity contribution in [3.63, 3.8) is 0 Å². The molecule has 0 unspecified atom stereocenters. The van der Waals surface area contributed by atoms with Crippen molar-refractivity contribution in [2.75, 3.05) is 5.75 Å². The molecule has 0 aliphatic heterocycles. The quantitative estimate of drug-likeness (QED) is 0.811. The molecule has 0 bridgehead atoms. The highest BCUT2D eigenvalue weighted by Crippen LogP contribution is 2.17. The summed E-state index contributed by atoms with van der Waals surface area (Å²) in [6.45, 7) is 1.97. The van der Waals surface area contributed by atoms with Crippen LogP contribution in [0.25, 0.3) is 0 Å². The first-order valence-corrected chi connectivity index (χ1v) is 9.62. The minimum absolute atomic E-state index is 0.0499. The fourth-order valence-corrected chi connectivity index (χ4v) is 3.71. The third-order valence-electron chi connectivity index (χ3n) is 3.65. The van der Waals surface area contributed by atoms with E-state index in [2.05, 4.69) is 15.5 Å². The highest BCUT2D eigenvalue weighted by atomic mass is 32.2. The maximum Gasteiger partial charge on any atom is 0.241 e. The topological polar surface area (TPSA) is 102 Å². The van der Waals surface area contributed by atoms with Gasteiger partial charge in [-0.15, -0.1) is 0 Å². The van der Waals surface area contributed by atoms with E-state index in [1.165, 1.54) is 6.42 Å². The van der Waals surface area contributed by atoms with Crippen molar-refractivity contribution in [1.82, 2.24) is 15.5 Å². The van der Waals surface area contributed by atoms with E-state index >= 15 is 0 Å². The van der Waals surface area contributed by atoms with Gasteiger partial charge in [-0.2, -0.15) is 4.98 Å². The number of rotatable bonds is 7. The molecule has 0 aromatic carbocycles. The zero-order chi connectivity index (χ0) is 16.0. The SMILES string of the molecule is CCCc1noc(CS(=O)(=O)CC(=O)NC2CCCCC2)n1. The molecule has 2 rings (SSSR count). The number of nitrogens with zero attached hydrogens (tertiary/aromatic N) is 2. The van der Waals surface area contributed by atoms with Gasteiger partial charge in [-0.1, -0.05) is 31.3 Å². The van der Waals surface area contributed by atoms with Crippen molar-refractivity contribution in [3.05, 3.63) is 11.7 Å². The maximum atomic E-state index is 12.0. The Hall–Kier alpha value is -1.44. The molecule has 0 spiro atoms. The summed E-state index contributed by atoms with van der Waals surface area (Å²) in [5.41, 5.74) is 0. The first-order valence-electron chi connectivity index (χ1n) is 7.80. The van der Waals surface area contributed by atoms with Gasteiger partial charge < -0.3 is 9.84 Å². The summed E-state index contributed by atoms with van der Waals surface area (Å²) in [5, 5.41) is 6.51. The molecule has 22 heavy (non-hydrogen) atoms. The Morgan fingerprint density at radius 1 is 1.32 bits per heavy atom. The van der Waals surface area contributed by atoms with E-state index < -0.39 is 21.5 Å². The molecule has 1 aliphatic carbocycles. The van der Waals surface area contributed by atoms with Crippen LogP contribution in [0.3, 0.4) is 0 Å². The predicted molar refractivity (Wildman–Crippen MR) is 80.8 cm³/mol. The smallest absolute Gasteiger partial charge is 0.241 e. The minimum atomic E-state index is -3.59. The van der Waals surface area contributed by atoms with Crippen LogP contribution >= 0.6 is 0 Å². The van der Waals surface area contributed by atoms with Crippen molar-refractivity contribution in [2.45, 2.75) is 63.7 Å². The van der Waals surface area contributed by atoms with E-state index in [4.69, 9.17) is 4.52 Å². The number of hydrogen-bond acceptors (Lipinski definition) is 6. The van der Waals surface area contributed by atoms with Crippen LogP contribution in [-0.4, -0.2) is 36.3 Å². The second-order valence-electron chi connectivity index (χ2n) is 5.79. The molecule has 0 atom stereocenters. The van der Waals surface area contributed by atoms with Gasteiger partial charge in [-0.25, -0.2) is 8.42 Å². The van der Waals surface area contributed by atoms with Gasteiger partial charge in [0, 0.05) is 12.5 Å². The number of nitrogens with one attached hydrogen (secondary N) is 1. The van der Waals surface area contributed by atoms with Crippen LogP contribution in [0.15, 0.2) is 4.52 Å². The number of aromatic nitrogens is 2. The molecule has 124 valence electrons. The Morgan fingerprint density at radius 2 is 2.05 bits per heavy atom. The average Bonchev–Trinajstić information content (AvgIpc) is 2.85. The molecule has 0 radical (unpaired) electrons. The second-order valence-corrected chi connectivity index (χ2v) is 7.85. The average molecular weight is 329 g/mol. The van der Waals surface area contributed by atoms with E-state index in [1.807, 2.05) is 6.92 Å². The monoisotopic (exact) mass is 329 g/mol. The van der Waals surface area contributed by atoms with E-state index in [9.17, 15) is 13.2 Å². The zero-order valence-electron chi connectivity index (χ0n) is 12.9.